The fraction of sp³-hybridized carbons (Fsp3) is 0.417. The highest BCUT2D eigenvalue weighted by atomic mass is 35.5. The van der Waals surface area contributed by atoms with Crippen molar-refractivity contribution in [3.63, 3.8) is 0 Å². The first-order valence-electron chi connectivity index (χ1n) is 5.39. The lowest BCUT2D eigenvalue weighted by molar-refractivity contribution is -0.119. The molecule has 100 valence electrons. The molecule has 1 amide bonds. The molecule has 0 spiro atoms. The van der Waals surface area contributed by atoms with Gasteiger partial charge in [0.2, 0.25) is 5.91 Å². The molecule has 1 rings (SSSR count). The summed E-state index contributed by atoms with van der Waals surface area (Å²) in [6.45, 7) is 2.37. The molecule has 1 atom stereocenters. The normalized spacial score (nSPS) is 12.2. The highest BCUT2D eigenvalue weighted by Crippen LogP contribution is 2.33. The molecule has 1 aromatic rings. The molecule has 6 heteroatoms. The van der Waals surface area contributed by atoms with Gasteiger partial charge in [-0.1, -0.05) is 29.3 Å². The minimum atomic E-state index is -0.0689. The average Bonchev–Trinajstić information content (AvgIpc) is 2.28. The van der Waals surface area contributed by atoms with Crippen LogP contribution in [-0.2, 0) is 9.53 Å². The number of methoxy groups -OCH3 is 1. The number of benzene rings is 1. The SMILES string of the molecule is COC[C@H](C)NC(=O)CSc1c(Cl)cccc1Cl. The van der Waals surface area contributed by atoms with Crippen LogP contribution < -0.4 is 5.32 Å². The Hall–Kier alpha value is -0.420. The Morgan fingerprint density at radius 2 is 2.06 bits per heavy atom. The van der Waals surface area contributed by atoms with E-state index in [9.17, 15) is 4.79 Å². The predicted molar refractivity (Wildman–Crippen MR) is 76.7 cm³/mol. The molecule has 0 saturated heterocycles. The van der Waals surface area contributed by atoms with Gasteiger partial charge in [-0.05, 0) is 19.1 Å². The van der Waals surface area contributed by atoms with Gasteiger partial charge in [-0.3, -0.25) is 4.79 Å². The van der Waals surface area contributed by atoms with Gasteiger partial charge in [0, 0.05) is 18.0 Å². The maximum absolute atomic E-state index is 11.7. The van der Waals surface area contributed by atoms with Crippen molar-refractivity contribution in [2.24, 2.45) is 0 Å². The van der Waals surface area contributed by atoms with Crippen molar-refractivity contribution in [1.29, 1.82) is 0 Å². The maximum Gasteiger partial charge on any atom is 0.230 e. The molecule has 0 aromatic heterocycles. The second-order valence-corrected chi connectivity index (χ2v) is 5.56. The molecule has 1 N–H and O–H groups in total. The third-order valence-electron chi connectivity index (χ3n) is 2.09. The monoisotopic (exact) mass is 307 g/mol. The molecular formula is C12H15Cl2NO2S. The summed E-state index contributed by atoms with van der Waals surface area (Å²) in [5.41, 5.74) is 0. The Kier molecular flexibility index (Phi) is 6.86. The fourth-order valence-electron chi connectivity index (χ4n) is 1.37. The van der Waals surface area contributed by atoms with E-state index in [0.717, 1.165) is 4.90 Å². The van der Waals surface area contributed by atoms with E-state index in [1.54, 1.807) is 25.3 Å². The summed E-state index contributed by atoms with van der Waals surface area (Å²) in [7, 11) is 1.60. The topological polar surface area (TPSA) is 38.3 Å². The number of carbonyl (C=O) groups excluding carboxylic acids is 1. The number of ether oxygens (including phenoxy) is 1. The van der Waals surface area contributed by atoms with Crippen LogP contribution in [-0.4, -0.2) is 31.4 Å². The number of hydrogen-bond donors (Lipinski definition) is 1. The van der Waals surface area contributed by atoms with E-state index in [2.05, 4.69) is 5.32 Å². The number of carbonyl (C=O) groups is 1. The molecule has 1 aromatic carbocycles. The number of halogens is 2. The summed E-state index contributed by atoms with van der Waals surface area (Å²) in [6.07, 6.45) is 0. The minimum Gasteiger partial charge on any atom is -0.383 e. The zero-order valence-corrected chi connectivity index (χ0v) is 12.5. The van der Waals surface area contributed by atoms with Crippen LogP contribution in [0.1, 0.15) is 6.92 Å². The number of nitrogens with one attached hydrogen (secondary N) is 1. The van der Waals surface area contributed by atoms with Crippen LogP contribution in [0.25, 0.3) is 0 Å². The second-order valence-electron chi connectivity index (χ2n) is 3.76. The first-order valence-corrected chi connectivity index (χ1v) is 7.14. The zero-order valence-electron chi connectivity index (χ0n) is 10.2. The fourth-order valence-corrected chi connectivity index (χ4v) is 2.86. The van der Waals surface area contributed by atoms with E-state index < -0.39 is 0 Å². The van der Waals surface area contributed by atoms with E-state index in [4.69, 9.17) is 27.9 Å². The third-order valence-corrected chi connectivity index (χ3v) is 4.08. The van der Waals surface area contributed by atoms with E-state index in [0.29, 0.717) is 16.7 Å². The number of amides is 1. The molecule has 0 unspecified atom stereocenters. The summed E-state index contributed by atoms with van der Waals surface area (Å²) >= 11 is 13.3. The van der Waals surface area contributed by atoms with Crippen LogP contribution in [0.4, 0.5) is 0 Å². The van der Waals surface area contributed by atoms with Gasteiger partial charge in [-0.25, -0.2) is 0 Å². The maximum atomic E-state index is 11.7. The number of rotatable bonds is 6. The first-order chi connectivity index (χ1) is 8.54. The summed E-state index contributed by atoms with van der Waals surface area (Å²) in [4.78, 5) is 12.4. The van der Waals surface area contributed by atoms with Gasteiger partial charge in [0.15, 0.2) is 0 Å². The van der Waals surface area contributed by atoms with Crippen molar-refractivity contribution in [3.8, 4) is 0 Å². The number of hydrogen-bond acceptors (Lipinski definition) is 3. The lowest BCUT2D eigenvalue weighted by Gasteiger charge is -2.13. The predicted octanol–water partition coefficient (Wildman–Crippen LogP) is 3.24. The minimum absolute atomic E-state index is 0.00943. The highest BCUT2D eigenvalue weighted by Gasteiger charge is 2.11. The van der Waals surface area contributed by atoms with Crippen molar-refractivity contribution in [1.82, 2.24) is 5.32 Å². The van der Waals surface area contributed by atoms with Gasteiger partial charge < -0.3 is 10.1 Å². The summed E-state index contributed by atoms with van der Waals surface area (Å²) in [6, 6.07) is 5.27. The molecule has 0 bridgehead atoms. The van der Waals surface area contributed by atoms with Crippen LogP contribution in [0.5, 0.6) is 0 Å². The Bertz CT molecular complexity index is 395. The summed E-state index contributed by atoms with van der Waals surface area (Å²) in [5, 5.41) is 3.94. The lowest BCUT2D eigenvalue weighted by Crippen LogP contribution is -2.36. The molecule has 0 heterocycles. The molecule has 0 aliphatic heterocycles. The van der Waals surface area contributed by atoms with Crippen molar-refractivity contribution >= 4 is 40.9 Å². The van der Waals surface area contributed by atoms with Crippen LogP contribution >= 0.6 is 35.0 Å². The van der Waals surface area contributed by atoms with Crippen molar-refractivity contribution in [2.45, 2.75) is 17.9 Å². The molecule has 0 aliphatic rings. The smallest absolute Gasteiger partial charge is 0.230 e. The molecule has 0 radical (unpaired) electrons. The largest absolute Gasteiger partial charge is 0.383 e. The second kappa shape index (κ2) is 7.89. The summed E-state index contributed by atoms with van der Waals surface area (Å²) < 4.78 is 4.94. The van der Waals surface area contributed by atoms with Crippen LogP contribution in [0.3, 0.4) is 0 Å². The van der Waals surface area contributed by atoms with Gasteiger partial charge in [0.25, 0.3) is 0 Å². The molecule has 0 aliphatic carbocycles. The van der Waals surface area contributed by atoms with E-state index >= 15 is 0 Å². The molecule has 0 saturated carbocycles. The van der Waals surface area contributed by atoms with Crippen LogP contribution in [0.2, 0.25) is 10.0 Å². The standard InChI is InChI=1S/C12H15Cl2NO2S/c1-8(6-17-2)15-11(16)7-18-12-9(13)4-3-5-10(12)14/h3-5,8H,6-7H2,1-2H3,(H,15,16)/t8-/m0/s1. The van der Waals surface area contributed by atoms with E-state index in [1.807, 2.05) is 6.92 Å². The molecule has 18 heavy (non-hydrogen) atoms. The number of thioether (sulfide) groups is 1. The van der Waals surface area contributed by atoms with Gasteiger partial charge in [-0.2, -0.15) is 0 Å². The van der Waals surface area contributed by atoms with E-state index in [1.165, 1.54) is 11.8 Å². The average molecular weight is 308 g/mol. The Labute approximate surface area is 121 Å². The Morgan fingerprint density at radius 3 is 2.61 bits per heavy atom. The summed E-state index contributed by atoms with van der Waals surface area (Å²) in [5.74, 6) is 0.206. The highest BCUT2D eigenvalue weighted by molar-refractivity contribution is 8.00. The van der Waals surface area contributed by atoms with Gasteiger partial charge in [-0.15, -0.1) is 11.8 Å². The van der Waals surface area contributed by atoms with Gasteiger partial charge in [0.1, 0.15) is 0 Å². The van der Waals surface area contributed by atoms with Gasteiger partial charge in [0.05, 0.1) is 22.4 Å². The van der Waals surface area contributed by atoms with Crippen LogP contribution in [0, 0.1) is 0 Å². The van der Waals surface area contributed by atoms with Gasteiger partial charge >= 0.3 is 0 Å². The Morgan fingerprint density at radius 1 is 1.44 bits per heavy atom. The molecule has 0 fully saturated rings. The van der Waals surface area contributed by atoms with E-state index in [-0.39, 0.29) is 17.7 Å². The molecular weight excluding hydrogens is 293 g/mol. The third kappa shape index (κ3) is 5.06. The van der Waals surface area contributed by atoms with Crippen LogP contribution in [0.15, 0.2) is 23.1 Å². The molecule has 3 nitrogen and oxygen atoms in total. The quantitative estimate of drug-likeness (QED) is 0.820. The zero-order chi connectivity index (χ0) is 13.5. The Balaban J connectivity index is 2.48. The van der Waals surface area contributed by atoms with Crippen molar-refractivity contribution in [3.05, 3.63) is 28.2 Å². The van der Waals surface area contributed by atoms with Crippen molar-refractivity contribution in [2.75, 3.05) is 19.5 Å². The first kappa shape index (κ1) is 15.6. The lowest BCUT2D eigenvalue weighted by atomic mass is 10.3. The van der Waals surface area contributed by atoms with Crippen molar-refractivity contribution < 1.29 is 9.53 Å².